The summed E-state index contributed by atoms with van der Waals surface area (Å²) in [5.74, 6) is -0.130. The minimum absolute atomic E-state index is 0.130. The molecule has 3 nitrogen and oxygen atoms in total. The molecule has 0 aliphatic rings. The number of thioether (sulfide) groups is 1. The molecule has 24 heavy (non-hydrogen) atoms. The first-order chi connectivity index (χ1) is 11.7. The summed E-state index contributed by atoms with van der Waals surface area (Å²) in [5.41, 5.74) is 1.55. The molecule has 0 aliphatic heterocycles. The molecule has 0 bridgehead atoms. The topological polar surface area (TPSA) is 42.0 Å². The second kappa shape index (κ2) is 6.26. The van der Waals surface area contributed by atoms with Crippen LogP contribution >= 0.6 is 23.1 Å². The molecule has 4 rings (SSSR count). The van der Waals surface area contributed by atoms with Gasteiger partial charge in [0.25, 0.3) is 5.91 Å². The molecule has 1 aromatic heterocycles. The molecular weight excluding hydrogens is 336 g/mol. The molecule has 5 heteroatoms. The second-order valence-electron chi connectivity index (χ2n) is 5.34. The van der Waals surface area contributed by atoms with Crippen LogP contribution in [0.15, 0.2) is 65.6 Å². The zero-order chi connectivity index (χ0) is 16.5. The Morgan fingerprint density at radius 3 is 2.83 bits per heavy atom. The van der Waals surface area contributed by atoms with Gasteiger partial charge in [-0.25, -0.2) is 4.98 Å². The third-order valence-corrected chi connectivity index (χ3v) is 5.58. The van der Waals surface area contributed by atoms with E-state index in [0.29, 0.717) is 10.7 Å². The number of carbonyl (C=O) groups is 1. The van der Waals surface area contributed by atoms with E-state index in [-0.39, 0.29) is 5.91 Å². The fourth-order valence-corrected chi connectivity index (χ4v) is 4.10. The van der Waals surface area contributed by atoms with Gasteiger partial charge in [-0.05, 0) is 35.9 Å². The summed E-state index contributed by atoms with van der Waals surface area (Å²) in [7, 11) is 0. The van der Waals surface area contributed by atoms with Crippen LogP contribution < -0.4 is 5.32 Å². The van der Waals surface area contributed by atoms with E-state index in [9.17, 15) is 4.79 Å². The van der Waals surface area contributed by atoms with Crippen LogP contribution in [0.3, 0.4) is 0 Å². The van der Waals surface area contributed by atoms with Gasteiger partial charge in [0.1, 0.15) is 0 Å². The molecular formula is C19H14N2OS2. The first-order valence-corrected chi connectivity index (χ1v) is 9.52. The van der Waals surface area contributed by atoms with Gasteiger partial charge in [0.05, 0.1) is 10.2 Å². The highest BCUT2D eigenvalue weighted by Crippen LogP contribution is 2.32. The largest absolute Gasteiger partial charge is 0.298 e. The van der Waals surface area contributed by atoms with E-state index in [2.05, 4.69) is 28.5 Å². The SMILES string of the molecule is CSc1cccc(C(=O)Nc2nc3ccc4ccccc4c3s2)c1. The maximum absolute atomic E-state index is 12.5. The zero-order valence-corrected chi connectivity index (χ0v) is 14.6. The number of aromatic nitrogens is 1. The fraction of sp³-hybridized carbons (Fsp3) is 0.0526. The summed E-state index contributed by atoms with van der Waals surface area (Å²) in [4.78, 5) is 18.1. The number of rotatable bonds is 3. The van der Waals surface area contributed by atoms with Crippen LogP contribution in [-0.2, 0) is 0 Å². The quantitative estimate of drug-likeness (QED) is 0.501. The summed E-state index contributed by atoms with van der Waals surface area (Å²) in [5, 5.41) is 5.89. The molecule has 0 radical (unpaired) electrons. The lowest BCUT2D eigenvalue weighted by molar-refractivity contribution is 0.102. The number of benzene rings is 3. The van der Waals surface area contributed by atoms with Gasteiger partial charge in [-0.1, -0.05) is 47.7 Å². The highest BCUT2D eigenvalue weighted by molar-refractivity contribution is 7.98. The molecule has 4 aromatic rings. The van der Waals surface area contributed by atoms with Gasteiger partial charge < -0.3 is 0 Å². The van der Waals surface area contributed by atoms with Crippen LogP contribution in [-0.4, -0.2) is 17.1 Å². The van der Waals surface area contributed by atoms with Gasteiger partial charge in [0.15, 0.2) is 5.13 Å². The molecule has 0 aliphatic carbocycles. The van der Waals surface area contributed by atoms with E-state index in [1.165, 1.54) is 16.7 Å². The summed E-state index contributed by atoms with van der Waals surface area (Å²) in [6, 6.07) is 19.9. The van der Waals surface area contributed by atoms with Crippen molar-refractivity contribution in [2.24, 2.45) is 0 Å². The van der Waals surface area contributed by atoms with Crippen molar-refractivity contribution < 1.29 is 4.79 Å². The number of nitrogens with zero attached hydrogens (tertiary/aromatic N) is 1. The molecule has 1 amide bonds. The average Bonchev–Trinajstić information content (AvgIpc) is 3.04. The van der Waals surface area contributed by atoms with Crippen molar-refractivity contribution in [3.63, 3.8) is 0 Å². The Morgan fingerprint density at radius 1 is 1.08 bits per heavy atom. The average molecular weight is 350 g/mol. The molecule has 3 aromatic carbocycles. The van der Waals surface area contributed by atoms with Crippen LogP contribution in [0.2, 0.25) is 0 Å². The number of carbonyl (C=O) groups excluding carboxylic acids is 1. The number of fused-ring (bicyclic) bond motifs is 3. The lowest BCUT2D eigenvalue weighted by Crippen LogP contribution is -2.11. The van der Waals surface area contributed by atoms with Gasteiger partial charge in [-0.15, -0.1) is 11.8 Å². The Hall–Kier alpha value is -2.37. The van der Waals surface area contributed by atoms with Gasteiger partial charge in [-0.2, -0.15) is 0 Å². The molecule has 1 heterocycles. The molecule has 118 valence electrons. The Kier molecular flexibility index (Phi) is 3.96. The summed E-state index contributed by atoms with van der Waals surface area (Å²) >= 11 is 3.13. The molecule has 0 saturated carbocycles. The van der Waals surface area contributed by atoms with Crippen molar-refractivity contribution >= 4 is 55.1 Å². The first kappa shape index (κ1) is 15.2. The third kappa shape index (κ3) is 2.77. The summed E-state index contributed by atoms with van der Waals surface area (Å²) in [6.07, 6.45) is 2.00. The maximum atomic E-state index is 12.5. The minimum atomic E-state index is -0.130. The summed E-state index contributed by atoms with van der Waals surface area (Å²) in [6.45, 7) is 0. The monoisotopic (exact) mass is 350 g/mol. The van der Waals surface area contributed by atoms with E-state index in [1.54, 1.807) is 11.8 Å². The van der Waals surface area contributed by atoms with Gasteiger partial charge in [0, 0.05) is 15.8 Å². The standard InChI is InChI=1S/C19H14N2OS2/c1-23-14-7-4-6-13(11-14)18(22)21-19-20-16-10-9-12-5-2-3-8-15(12)17(16)24-19/h2-11H,1H3,(H,20,21,22). The van der Waals surface area contributed by atoms with E-state index in [1.807, 2.05) is 48.7 Å². The zero-order valence-electron chi connectivity index (χ0n) is 12.9. The number of thiazole rings is 1. The van der Waals surface area contributed by atoms with Gasteiger partial charge in [0.2, 0.25) is 0 Å². The van der Waals surface area contributed by atoms with Crippen LogP contribution in [0.4, 0.5) is 5.13 Å². The smallest absolute Gasteiger partial charge is 0.257 e. The fourth-order valence-electron chi connectivity index (χ4n) is 2.64. The molecule has 0 fully saturated rings. The van der Waals surface area contributed by atoms with Crippen LogP contribution in [0.25, 0.3) is 21.0 Å². The van der Waals surface area contributed by atoms with Crippen LogP contribution in [0.5, 0.6) is 0 Å². The lowest BCUT2D eigenvalue weighted by Gasteiger charge is -2.03. The van der Waals surface area contributed by atoms with Crippen molar-refractivity contribution in [1.29, 1.82) is 0 Å². The van der Waals surface area contributed by atoms with E-state index in [4.69, 9.17) is 0 Å². The third-order valence-electron chi connectivity index (χ3n) is 3.83. The number of anilines is 1. The van der Waals surface area contributed by atoms with Crippen molar-refractivity contribution in [2.75, 3.05) is 11.6 Å². The van der Waals surface area contributed by atoms with Crippen LogP contribution in [0, 0.1) is 0 Å². The molecule has 0 atom stereocenters. The van der Waals surface area contributed by atoms with Crippen molar-refractivity contribution in [1.82, 2.24) is 4.98 Å². The van der Waals surface area contributed by atoms with E-state index in [0.717, 1.165) is 20.5 Å². The number of amides is 1. The van der Waals surface area contributed by atoms with E-state index < -0.39 is 0 Å². The Morgan fingerprint density at radius 2 is 1.96 bits per heavy atom. The Bertz CT molecular complexity index is 1060. The Labute approximate surface area is 147 Å². The predicted molar refractivity (Wildman–Crippen MR) is 103 cm³/mol. The normalized spacial score (nSPS) is 11.0. The molecule has 0 unspecified atom stereocenters. The van der Waals surface area contributed by atoms with Gasteiger partial charge >= 0.3 is 0 Å². The minimum Gasteiger partial charge on any atom is -0.298 e. The number of hydrogen-bond donors (Lipinski definition) is 1. The van der Waals surface area contributed by atoms with Crippen LogP contribution in [0.1, 0.15) is 10.4 Å². The number of nitrogens with one attached hydrogen (secondary N) is 1. The van der Waals surface area contributed by atoms with Crippen molar-refractivity contribution in [2.45, 2.75) is 4.90 Å². The summed E-state index contributed by atoms with van der Waals surface area (Å²) < 4.78 is 1.10. The molecule has 1 N–H and O–H groups in total. The van der Waals surface area contributed by atoms with E-state index >= 15 is 0 Å². The molecule has 0 spiro atoms. The molecule has 0 saturated heterocycles. The van der Waals surface area contributed by atoms with Crippen molar-refractivity contribution in [3.05, 3.63) is 66.2 Å². The van der Waals surface area contributed by atoms with Gasteiger partial charge in [-0.3, -0.25) is 10.1 Å². The number of hydrogen-bond acceptors (Lipinski definition) is 4. The first-order valence-electron chi connectivity index (χ1n) is 7.48. The maximum Gasteiger partial charge on any atom is 0.257 e. The predicted octanol–water partition coefficient (Wildman–Crippen LogP) is 5.42. The van der Waals surface area contributed by atoms with Crippen molar-refractivity contribution in [3.8, 4) is 0 Å². The lowest BCUT2D eigenvalue weighted by atomic mass is 10.1. The Balaban J connectivity index is 1.69. The second-order valence-corrected chi connectivity index (χ2v) is 7.22. The highest BCUT2D eigenvalue weighted by Gasteiger charge is 2.12. The highest BCUT2D eigenvalue weighted by atomic mass is 32.2.